The van der Waals surface area contributed by atoms with E-state index in [0.29, 0.717) is 18.3 Å². The van der Waals surface area contributed by atoms with Crippen LogP contribution in [0, 0.1) is 11.8 Å². The monoisotopic (exact) mass is 436 g/mol. The van der Waals surface area contributed by atoms with Crippen molar-refractivity contribution in [2.75, 3.05) is 31.1 Å². The van der Waals surface area contributed by atoms with E-state index in [1.165, 1.54) is 0 Å². The lowest BCUT2D eigenvalue weighted by Gasteiger charge is -2.34. The number of piperidine rings is 1. The predicted molar refractivity (Wildman–Crippen MR) is 106 cm³/mol. The fourth-order valence-corrected chi connectivity index (χ4v) is 3.89. The number of nitrogens with zero attached hydrogens (tertiary/aromatic N) is 4. The molecule has 1 N–H and O–H groups in total. The molecule has 7 nitrogen and oxygen atoms in total. The quantitative estimate of drug-likeness (QED) is 0.796. The first-order valence-corrected chi connectivity index (χ1v) is 9.88. The zero-order valence-electron chi connectivity index (χ0n) is 16.7. The number of halogens is 3. The van der Waals surface area contributed by atoms with Crippen LogP contribution in [0.5, 0.6) is 0 Å². The van der Waals surface area contributed by atoms with Gasteiger partial charge in [0.1, 0.15) is 0 Å². The maximum atomic E-state index is 12.6. The van der Waals surface area contributed by atoms with Crippen LogP contribution in [0.15, 0.2) is 48.8 Å². The molecule has 1 aromatic heterocycles. The topological polar surface area (TPSA) is 86.6 Å². The summed E-state index contributed by atoms with van der Waals surface area (Å²) < 4.78 is 31.7. The van der Waals surface area contributed by atoms with E-state index in [1.54, 1.807) is 12.4 Å². The molecular weight excluding hydrogens is 413 g/mol. The summed E-state index contributed by atoms with van der Waals surface area (Å²) in [6, 6.07) is 11.9. The number of fused-ring (bicyclic) bond motifs is 1. The minimum atomic E-state index is -5.08. The number of hydrogen-bond donors (Lipinski definition) is 1. The van der Waals surface area contributed by atoms with Gasteiger partial charge in [-0.3, -0.25) is 4.79 Å². The number of carbonyl (C=O) groups is 2. The highest BCUT2D eigenvalue weighted by Gasteiger charge is 2.39. The molecular formula is C21H23F3N4O3. The van der Waals surface area contributed by atoms with Crippen LogP contribution in [0.2, 0.25) is 0 Å². The standard InChI is InChI=1S/C19H22N4O.C2HF3O2/c24-18(11-15-5-2-1-3-6-15)23-12-16-7-10-22(13-17(16)14-23)19-20-8-4-9-21-19;3-2(4,5)1(6)7/h1-6,8-9,16-17H,7,10-14H2;(H,6,7)/t16-,17+;/m0./s1. The molecule has 1 amide bonds. The SMILES string of the molecule is O=C(Cc1ccccc1)N1C[C@@H]2CCN(c3ncccn3)C[C@@H]2C1.O=C(O)C(F)(F)F. The third-order valence-electron chi connectivity index (χ3n) is 5.43. The van der Waals surface area contributed by atoms with E-state index in [-0.39, 0.29) is 5.91 Å². The van der Waals surface area contributed by atoms with Gasteiger partial charge in [0, 0.05) is 38.6 Å². The maximum Gasteiger partial charge on any atom is 0.490 e. The highest BCUT2D eigenvalue weighted by Crippen LogP contribution is 2.32. The number of anilines is 1. The number of aromatic nitrogens is 2. The summed E-state index contributed by atoms with van der Waals surface area (Å²) in [7, 11) is 0. The second-order valence-corrected chi connectivity index (χ2v) is 7.57. The number of carboxylic acid groups (broad SMARTS) is 1. The second kappa shape index (κ2) is 9.76. The smallest absolute Gasteiger partial charge is 0.475 e. The van der Waals surface area contributed by atoms with Crippen molar-refractivity contribution in [1.29, 1.82) is 0 Å². The molecule has 0 radical (unpaired) electrons. The van der Waals surface area contributed by atoms with Crippen molar-refractivity contribution in [2.24, 2.45) is 11.8 Å². The van der Waals surface area contributed by atoms with Gasteiger partial charge in [-0.2, -0.15) is 13.2 Å². The lowest BCUT2D eigenvalue weighted by Crippen LogP contribution is -2.40. The summed E-state index contributed by atoms with van der Waals surface area (Å²) in [6.07, 6.45) is 0.112. The number of carboxylic acids is 1. The summed E-state index contributed by atoms with van der Waals surface area (Å²) in [5, 5.41) is 7.12. The van der Waals surface area contributed by atoms with Gasteiger partial charge in [0.05, 0.1) is 6.42 Å². The van der Waals surface area contributed by atoms with Gasteiger partial charge in [-0.15, -0.1) is 0 Å². The van der Waals surface area contributed by atoms with Crippen LogP contribution in [-0.2, 0) is 16.0 Å². The van der Waals surface area contributed by atoms with E-state index in [4.69, 9.17) is 9.90 Å². The molecule has 3 heterocycles. The van der Waals surface area contributed by atoms with E-state index in [2.05, 4.69) is 19.8 Å². The predicted octanol–water partition coefficient (Wildman–Crippen LogP) is 2.64. The van der Waals surface area contributed by atoms with E-state index < -0.39 is 12.1 Å². The van der Waals surface area contributed by atoms with Gasteiger partial charge in [-0.05, 0) is 29.9 Å². The van der Waals surface area contributed by atoms with Crippen molar-refractivity contribution in [3.8, 4) is 0 Å². The zero-order valence-corrected chi connectivity index (χ0v) is 16.7. The van der Waals surface area contributed by atoms with Gasteiger partial charge in [0.15, 0.2) is 0 Å². The number of likely N-dealkylation sites (tertiary alicyclic amines) is 1. The number of benzene rings is 1. The van der Waals surface area contributed by atoms with E-state index in [9.17, 15) is 18.0 Å². The van der Waals surface area contributed by atoms with Crippen molar-refractivity contribution in [1.82, 2.24) is 14.9 Å². The number of carbonyl (C=O) groups excluding carboxylic acids is 1. The van der Waals surface area contributed by atoms with Gasteiger partial charge in [0.2, 0.25) is 11.9 Å². The maximum absolute atomic E-state index is 12.6. The molecule has 1 aromatic carbocycles. The van der Waals surface area contributed by atoms with Crippen LogP contribution in [0.3, 0.4) is 0 Å². The Bertz CT molecular complexity index is 880. The Morgan fingerprint density at radius 1 is 1.00 bits per heavy atom. The van der Waals surface area contributed by atoms with Crippen LogP contribution in [-0.4, -0.2) is 64.2 Å². The summed E-state index contributed by atoms with van der Waals surface area (Å²) in [5.41, 5.74) is 1.09. The molecule has 2 fully saturated rings. The average molecular weight is 436 g/mol. The molecule has 31 heavy (non-hydrogen) atoms. The Balaban J connectivity index is 0.000000339. The fourth-order valence-electron chi connectivity index (χ4n) is 3.89. The molecule has 0 saturated carbocycles. The highest BCUT2D eigenvalue weighted by atomic mass is 19.4. The normalized spacial score (nSPS) is 20.5. The van der Waals surface area contributed by atoms with Crippen LogP contribution in [0.4, 0.5) is 19.1 Å². The summed E-state index contributed by atoms with van der Waals surface area (Å²) >= 11 is 0. The first-order valence-electron chi connectivity index (χ1n) is 9.88. The highest BCUT2D eigenvalue weighted by molar-refractivity contribution is 5.79. The molecule has 10 heteroatoms. The molecule has 0 aliphatic carbocycles. The minimum Gasteiger partial charge on any atom is -0.475 e. The van der Waals surface area contributed by atoms with Crippen LogP contribution < -0.4 is 4.90 Å². The Kier molecular flexibility index (Phi) is 7.09. The Labute approximate surface area is 177 Å². The first-order chi connectivity index (χ1) is 14.7. The second-order valence-electron chi connectivity index (χ2n) is 7.57. The number of aliphatic carboxylic acids is 1. The Morgan fingerprint density at radius 2 is 1.61 bits per heavy atom. The van der Waals surface area contributed by atoms with Crippen molar-refractivity contribution >= 4 is 17.8 Å². The zero-order chi connectivity index (χ0) is 22.4. The van der Waals surface area contributed by atoms with E-state index in [1.807, 2.05) is 36.4 Å². The minimum absolute atomic E-state index is 0.248. The van der Waals surface area contributed by atoms with Crippen LogP contribution in [0.25, 0.3) is 0 Å². The number of rotatable bonds is 3. The van der Waals surface area contributed by atoms with Crippen molar-refractivity contribution in [2.45, 2.75) is 19.0 Å². The van der Waals surface area contributed by atoms with Crippen LogP contribution in [0.1, 0.15) is 12.0 Å². The van der Waals surface area contributed by atoms with Gasteiger partial charge in [-0.1, -0.05) is 30.3 Å². The van der Waals surface area contributed by atoms with E-state index >= 15 is 0 Å². The molecule has 0 unspecified atom stereocenters. The van der Waals surface area contributed by atoms with E-state index in [0.717, 1.165) is 44.1 Å². The number of alkyl halides is 3. The van der Waals surface area contributed by atoms with Gasteiger partial charge in [0.25, 0.3) is 0 Å². The van der Waals surface area contributed by atoms with Gasteiger partial charge < -0.3 is 14.9 Å². The van der Waals surface area contributed by atoms with Crippen molar-refractivity contribution in [3.05, 3.63) is 54.4 Å². The summed E-state index contributed by atoms with van der Waals surface area (Å²) in [6.45, 7) is 3.69. The molecule has 0 spiro atoms. The van der Waals surface area contributed by atoms with Gasteiger partial charge >= 0.3 is 12.1 Å². The van der Waals surface area contributed by atoms with Crippen molar-refractivity contribution < 1.29 is 27.9 Å². The lowest BCUT2D eigenvalue weighted by molar-refractivity contribution is -0.192. The molecule has 2 saturated heterocycles. The molecule has 4 rings (SSSR count). The lowest BCUT2D eigenvalue weighted by atomic mass is 9.89. The number of hydrogen-bond acceptors (Lipinski definition) is 5. The fraction of sp³-hybridized carbons (Fsp3) is 0.429. The summed E-state index contributed by atoms with van der Waals surface area (Å²) in [5.74, 6) is -0.553. The first kappa shape index (κ1) is 22.5. The number of amides is 1. The summed E-state index contributed by atoms with van der Waals surface area (Å²) in [4.78, 5) is 34.5. The Hall–Kier alpha value is -3.17. The molecule has 2 aliphatic rings. The van der Waals surface area contributed by atoms with Crippen LogP contribution >= 0.6 is 0 Å². The van der Waals surface area contributed by atoms with Crippen molar-refractivity contribution in [3.63, 3.8) is 0 Å². The largest absolute Gasteiger partial charge is 0.490 e. The third-order valence-corrected chi connectivity index (χ3v) is 5.43. The molecule has 0 bridgehead atoms. The molecule has 2 aromatic rings. The molecule has 2 aliphatic heterocycles. The Morgan fingerprint density at radius 3 is 2.23 bits per heavy atom. The average Bonchev–Trinajstić information content (AvgIpc) is 3.18. The molecule has 166 valence electrons. The third kappa shape index (κ3) is 6.16. The molecule has 2 atom stereocenters. The van der Waals surface area contributed by atoms with Gasteiger partial charge in [-0.25, -0.2) is 14.8 Å².